The minimum atomic E-state index is 0.351. The monoisotopic (exact) mass is 71.0 g/mol. The lowest BCUT2D eigenvalue weighted by Gasteiger charge is -1.72. The minimum absolute atomic E-state index is 0.351. The lowest BCUT2D eigenvalue weighted by atomic mass is 10.8. The SMILES string of the molecule is [CH2]C[N]C=O. The van der Waals surface area contributed by atoms with Gasteiger partial charge in [-0.15, -0.1) is 0 Å². The van der Waals surface area contributed by atoms with Crippen molar-refractivity contribution in [2.45, 2.75) is 0 Å². The number of hydrogen-bond acceptors (Lipinski definition) is 1. The maximum absolute atomic E-state index is 9.20. The molecule has 0 aliphatic carbocycles. The van der Waals surface area contributed by atoms with E-state index in [0.29, 0.717) is 13.0 Å². The Bertz CT molecular complexity index is 28.1. The van der Waals surface area contributed by atoms with Crippen LogP contribution in [0.4, 0.5) is 0 Å². The molecule has 5 heavy (non-hydrogen) atoms. The Hall–Kier alpha value is -0.530. The Morgan fingerprint density at radius 1 is 2.00 bits per heavy atom. The van der Waals surface area contributed by atoms with Gasteiger partial charge in [0.2, 0.25) is 6.41 Å². The van der Waals surface area contributed by atoms with Crippen molar-refractivity contribution in [2.24, 2.45) is 0 Å². The fraction of sp³-hybridized carbons (Fsp3) is 0.333. The quantitative estimate of drug-likeness (QED) is 0.407. The first-order valence-electron chi connectivity index (χ1n) is 1.31. The van der Waals surface area contributed by atoms with Crippen molar-refractivity contribution in [3.8, 4) is 0 Å². The van der Waals surface area contributed by atoms with Gasteiger partial charge in [-0.25, -0.2) is 0 Å². The maximum atomic E-state index is 9.20. The second kappa shape index (κ2) is 3.47. The highest BCUT2D eigenvalue weighted by atomic mass is 16.1. The molecule has 0 unspecified atom stereocenters. The Kier molecular flexibility index (Phi) is 3.10. The number of rotatable bonds is 2. The van der Waals surface area contributed by atoms with Crippen molar-refractivity contribution in [2.75, 3.05) is 6.54 Å². The lowest BCUT2D eigenvalue weighted by Crippen LogP contribution is -1.97. The molecule has 0 atom stereocenters. The Morgan fingerprint density at radius 3 is 2.60 bits per heavy atom. The highest BCUT2D eigenvalue weighted by Crippen LogP contribution is 1.41. The Morgan fingerprint density at radius 2 is 2.60 bits per heavy atom. The van der Waals surface area contributed by atoms with E-state index in [0.717, 1.165) is 0 Å². The fourth-order valence-corrected chi connectivity index (χ4v) is 0.0527. The zero-order chi connectivity index (χ0) is 4.12. The van der Waals surface area contributed by atoms with E-state index < -0.39 is 0 Å². The van der Waals surface area contributed by atoms with Crippen LogP contribution < -0.4 is 5.32 Å². The predicted molar refractivity (Wildman–Crippen MR) is 18.4 cm³/mol. The van der Waals surface area contributed by atoms with E-state index in [2.05, 4.69) is 12.2 Å². The van der Waals surface area contributed by atoms with Crippen LogP contribution in [0.5, 0.6) is 0 Å². The van der Waals surface area contributed by atoms with Gasteiger partial charge < -0.3 is 0 Å². The van der Waals surface area contributed by atoms with Gasteiger partial charge >= 0.3 is 0 Å². The molecule has 0 aromatic heterocycles. The second-order valence-electron chi connectivity index (χ2n) is 0.512. The van der Waals surface area contributed by atoms with Gasteiger partial charge in [-0.05, 0) is 6.92 Å². The summed E-state index contributed by atoms with van der Waals surface area (Å²) in [6, 6.07) is 0. The van der Waals surface area contributed by atoms with Gasteiger partial charge in [0.25, 0.3) is 0 Å². The molecule has 0 saturated carbocycles. The van der Waals surface area contributed by atoms with Crippen molar-refractivity contribution in [1.82, 2.24) is 5.32 Å². The normalized spacial score (nSPS) is 6.60. The largest absolute Gasteiger partial charge is 0.277 e. The number of carbonyl (C=O) groups excluding carboxylic acids is 1. The summed E-state index contributed by atoms with van der Waals surface area (Å²) in [5, 5.41) is 3.18. The highest BCUT2D eigenvalue weighted by molar-refractivity contribution is 5.45. The number of amides is 1. The van der Waals surface area contributed by atoms with Gasteiger partial charge in [0, 0.05) is 6.54 Å². The third-order valence-corrected chi connectivity index (χ3v) is 0.204. The van der Waals surface area contributed by atoms with Gasteiger partial charge in [0.1, 0.15) is 0 Å². The molecule has 0 aliphatic rings. The maximum Gasteiger partial charge on any atom is 0.228 e. The summed E-state index contributed by atoms with van der Waals surface area (Å²) < 4.78 is 0. The first-order chi connectivity index (χ1) is 2.41. The molecule has 2 heteroatoms. The van der Waals surface area contributed by atoms with Gasteiger partial charge in [-0.1, -0.05) is 0 Å². The van der Waals surface area contributed by atoms with Crippen LogP contribution in [0.3, 0.4) is 0 Å². The zero-order valence-corrected chi connectivity index (χ0v) is 2.85. The summed E-state index contributed by atoms with van der Waals surface area (Å²) in [4.78, 5) is 9.20. The number of hydrogen-bond donors (Lipinski definition) is 0. The first kappa shape index (κ1) is 4.47. The Balaban J connectivity index is 2.40. The second-order valence-corrected chi connectivity index (χ2v) is 0.512. The molecule has 0 aromatic rings. The summed E-state index contributed by atoms with van der Waals surface area (Å²) in [6.07, 6.45) is 0.493. The van der Waals surface area contributed by atoms with Crippen LogP contribution in [-0.2, 0) is 4.79 Å². The van der Waals surface area contributed by atoms with Crippen molar-refractivity contribution in [3.05, 3.63) is 6.92 Å². The molecule has 2 radical (unpaired) electrons. The van der Waals surface area contributed by atoms with Crippen molar-refractivity contribution in [3.63, 3.8) is 0 Å². The molecule has 28 valence electrons. The van der Waals surface area contributed by atoms with Gasteiger partial charge in [-0.3, -0.25) is 10.1 Å². The van der Waals surface area contributed by atoms with E-state index in [-0.39, 0.29) is 0 Å². The van der Waals surface area contributed by atoms with Crippen molar-refractivity contribution in [1.29, 1.82) is 0 Å². The summed E-state index contributed by atoms with van der Waals surface area (Å²) >= 11 is 0. The number of carbonyl (C=O) groups is 1. The van der Waals surface area contributed by atoms with Crippen LogP contribution in [0, 0.1) is 6.92 Å². The van der Waals surface area contributed by atoms with Gasteiger partial charge in [0.05, 0.1) is 0 Å². The van der Waals surface area contributed by atoms with Crippen LogP contribution >= 0.6 is 0 Å². The van der Waals surface area contributed by atoms with Gasteiger partial charge in [-0.2, -0.15) is 0 Å². The van der Waals surface area contributed by atoms with E-state index in [9.17, 15) is 4.79 Å². The van der Waals surface area contributed by atoms with E-state index in [1.165, 1.54) is 0 Å². The Labute approximate surface area is 31.2 Å². The third kappa shape index (κ3) is 3.47. The van der Waals surface area contributed by atoms with Crippen LogP contribution in [0.2, 0.25) is 0 Å². The summed E-state index contributed by atoms with van der Waals surface area (Å²) in [7, 11) is 0. The van der Waals surface area contributed by atoms with Crippen LogP contribution in [-0.4, -0.2) is 13.0 Å². The van der Waals surface area contributed by atoms with Crippen molar-refractivity contribution < 1.29 is 4.79 Å². The molecule has 1 amide bonds. The fourth-order valence-electron chi connectivity index (χ4n) is 0.0527. The molecular formula is C3H5NO. The molecule has 0 aliphatic heterocycles. The summed E-state index contributed by atoms with van der Waals surface area (Å²) in [5.74, 6) is 0. The van der Waals surface area contributed by atoms with Crippen LogP contribution in [0.25, 0.3) is 0 Å². The first-order valence-corrected chi connectivity index (χ1v) is 1.31. The molecule has 0 spiro atoms. The van der Waals surface area contributed by atoms with Crippen molar-refractivity contribution >= 4 is 6.41 Å². The molecule has 0 aromatic carbocycles. The van der Waals surface area contributed by atoms with E-state index >= 15 is 0 Å². The molecule has 0 heterocycles. The predicted octanol–water partition coefficient (Wildman–Crippen LogP) is -0.419. The average molecular weight is 71.1 g/mol. The van der Waals surface area contributed by atoms with E-state index in [1.54, 1.807) is 0 Å². The van der Waals surface area contributed by atoms with Crippen LogP contribution in [0.1, 0.15) is 0 Å². The molecule has 0 fully saturated rings. The molecular weight excluding hydrogens is 66.0 g/mol. The molecule has 0 N–H and O–H groups in total. The standard InChI is InChI=1S/C3H5NO/c1-2-4-3-5/h3H,1-2H2. The summed E-state index contributed by atoms with van der Waals surface area (Å²) in [5.41, 5.74) is 0. The lowest BCUT2D eigenvalue weighted by molar-refractivity contribution is -0.109. The minimum Gasteiger partial charge on any atom is -0.277 e. The van der Waals surface area contributed by atoms with E-state index in [1.807, 2.05) is 0 Å². The molecule has 0 rings (SSSR count). The topological polar surface area (TPSA) is 31.2 Å². The van der Waals surface area contributed by atoms with Crippen LogP contribution in [0.15, 0.2) is 0 Å². The molecule has 0 saturated heterocycles. The summed E-state index contributed by atoms with van der Waals surface area (Å²) in [6.45, 7) is 3.63. The molecule has 0 bridgehead atoms. The van der Waals surface area contributed by atoms with Gasteiger partial charge in [0.15, 0.2) is 0 Å². The third-order valence-electron chi connectivity index (χ3n) is 0.204. The van der Waals surface area contributed by atoms with E-state index in [4.69, 9.17) is 0 Å². The zero-order valence-electron chi connectivity index (χ0n) is 2.85. The highest BCUT2D eigenvalue weighted by Gasteiger charge is 1.63. The molecule has 2 nitrogen and oxygen atoms in total. The number of nitrogens with zero attached hydrogens (tertiary/aromatic N) is 1. The smallest absolute Gasteiger partial charge is 0.228 e. The average Bonchev–Trinajstić information content (AvgIpc) is 1.41.